The topological polar surface area (TPSA) is 17.1 Å². The van der Waals surface area contributed by atoms with E-state index in [4.69, 9.17) is 1.37 Å². The Morgan fingerprint density at radius 2 is 2.50 bits per heavy atom. The molecule has 1 heteroatoms. The van der Waals surface area contributed by atoms with Crippen LogP contribution in [0, 0.1) is 0 Å². The molecule has 0 N–H and O–H groups in total. The highest BCUT2D eigenvalue weighted by atomic mass is 16.1. The van der Waals surface area contributed by atoms with Gasteiger partial charge in [-0.1, -0.05) is 6.58 Å². The van der Waals surface area contributed by atoms with Crippen molar-refractivity contribution in [3.63, 3.8) is 0 Å². The lowest BCUT2D eigenvalue weighted by Crippen LogP contribution is -1.44. The van der Waals surface area contributed by atoms with E-state index in [1.54, 1.807) is 0 Å². The number of hydrogen-bond donors (Lipinski definition) is 0. The minimum absolute atomic E-state index is 0.731. The van der Waals surface area contributed by atoms with Crippen LogP contribution < -0.4 is 0 Å². The second kappa shape index (κ2) is 2.41. The minimum Gasteiger partial charge on any atom is -0.299 e. The summed E-state index contributed by atoms with van der Waals surface area (Å²) in [4.78, 5) is 9.36. The molecule has 0 aliphatic rings. The summed E-state index contributed by atoms with van der Waals surface area (Å²) < 4.78 is 6.07. The number of aldehydes is 1. The second-order valence-corrected chi connectivity index (χ2v) is 0.322. The highest BCUT2D eigenvalue weighted by Gasteiger charge is 1.38. The Bertz CT molecular complexity index is 57.9. The molecule has 0 radical (unpaired) electrons. The molecule has 0 rings (SSSR count). The van der Waals surface area contributed by atoms with Gasteiger partial charge in [0, 0.05) is 0 Å². The molecule has 0 heterocycles. The van der Waals surface area contributed by atoms with Gasteiger partial charge in [-0.25, -0.2) is 0 Å². The first-order valence-electron chi connectivity index (χ1n) is 1.40. The zero-order valence-electron chi connectivity index (χ0n) is 3.19. The van der Waals surface area contributed by atoms with Crippen LogP contribution in [0.25, 0.3) is 0 Å². The Hall–Kier alpha value is -0.590. The summed E-state index contributed by atoms with van der Waals surface area (Å²) >= 11 is 0. The molecule has 0 saturated heterocycles. The number of hydrogen-bond acceptors (Lipinski definition) is 1. The predicted octanol–water partition coefficient (Wildman–Crippen LogP) is 0.371. The van der Waals surface area contributed by atoms with Gasteiger partial charge in [0.15, 0.2) is 0 Å². The van der Waals surface area contributed by atoms with E-state index >= 15 is 0 Å². The molecule has 0 amide bonds. The van der Waals surface area contributed by atoms with Gasteiger partial charge in [-0.05, 0) is 6.08 Å². The number of rotatable bonds is 1. The van der Waals surface area contributed by atoms with Gasteiger partial charge in [0.1, 0.15) is 7.63 Å². The summed E-state index contributed by atoms with van der Waals surface area (Å²) in [5, 5.41) is 0. The maximum Gasteiger partial charge on any atom is 0.142 e. The van der Waals surface area contributed by atoms with Crippen molar-refractivity contribution in [3.05, 3.63) is 12.7 Å². The maximum atomic E-state index is 9.36. The third-order valence-electron chi connectivity index (χ3n) is 0.0833. The van der Waals surface area contributed by atoms with Gasteiger partial charge in [-0.15, -0.1) is 0 Å². The third kappa shape index (κ3) is 1.41. The van der Waals surface area contributed by atoms with Crippen molar-refractivity contribution in [2.24, 2.45) is 0 Å². The molecule has 0 aromatic rings. The van der Waals surface area contributed by atoms with Gasteiger partial charge in [-0.2, -0.15) is 0 Å². The van der Waals surface area contributed by atoms with Gasteiger partial charge >= 0.3 is 0 Å². The summed E-state index contributed by atoms with van der Waals surface area (Å²) in [6.07, 6.45) is 0.213. The van der Waals surface area contributed by atoms with Crippen LogP contribution in [-0.4, -0.2) is 6.26 Å². The van der Waals surface area contributed by atoms with Crippen LogP contribution in [0.3, 0.4) is 0 Å². The van der Waals surface area contributed by atoms with Crippen molar-refractivity contribution in [3.8, 4) is 0 Å². The molecule has 0 bridgehead atoms. The fourth-order valence-corrected chi connectivity index (χ4v) is 0. The molecular formula is C3H4O. The lowest BCUT2D eigenvalue weighted by Gasteiger charge is -1.37. The highest BCUT2D eigenvalue weighted by Crippen LogP contribution is 1.35. The van der Waals surface area contributed by atoms with E-state index in [0.717, 1.165) is 6.08 Å². The maximum absolute atomic E-state index is 9.36. The van der Waals surface area contributed by atoms with Crippen molar-refractivity contribution in [2.45, 2.75) is 0 Å². The fraction of sp³-hybridized carbons (Fsp3) is 0. The van der Waals surface area contributed by atoms with Crippen molar-refractivity contribution in [1.29, 1.82) is 0 Å². The van der Waals surface area contributed by atoms with E-state index in [-0.39, 0.29) is 0 Å². The average molecular weight is 57.1 g/mol. The van der Waals surface area contributed by atoms with Crippen LogP contribution in [0.1, 0.15) is 1.37 Å². The first-order valence-corrected chi connectivity index (χ1v) is 0.901. The molecular weight excluding hydrogens is 52.0 g/mol. The lowest BCUT2D eigenvalue weighted by molar-refractivity contribution is -0.104. The van der Waals surface area contributed by atoms with Gasteiger partial charge in [0.2, 0.25) is 0 Å². The summed E-state index contributed by atoms with van der Waals surface area (Å²) in [6.45, 7) is 3.02. The first kappa shape index (κ1) is 1.70. The standard InChI is InChI=1S/C3H4O/c1-2-3-4/h2-3H,1H2/i3D. The molecule has 0 aliphatic carbocycles. The number of allylic oxidation sites excluding steroid dienone is 1. The second-order valence-electron chi connectivity index (χ2n) is 0.322. The van der Waals surface area contributed by atoms with E-state index in [1.165, 1.54) is 0 Å². The molecule has 1 nitrogen and oxygen atoms in total. The average Bonchev–Trinajstić information content (AvgIpc) is 1.38. The highest BCUT2D eigenvalue weighted by molar-refractivity contribution is 5.63. The zero-order valence-corrected chi connectivity index (χ0v) is 2.19. The third-order valence-corrected chi connectivity index (χ3v) is 0.0833. The smallest absolute Gasteiger partial charge is 0.142 e. The monoisotopic (exact) mass is 57.0 g/mol. The van der Waals surface area contributed by atoms with Crippen molar-refractivity contribution < 1.29 is 6.17 Å². The van der Waals surface area contributed by atoms with Gasteiger partial charge in [0.05, 0.1) is 0 Å². The van der Waals surface area contributed by atoms with Crippen LogP contribution in [0.5, 0.6) is 0 Å². The fourth-order valence-electron chi connectivity index (χ4n) is 0. The van der Waals surface area contributed by atoms with Crippen LogP contribution in [0.2, 0.25) is 0 Å². The summed E-state index contributed by atoms with van der Waals surface area (Å²) in [6, 6.07) is 0. The van der Waals surface area contributed by atoms with E-state index < -0.39 is 6.26 Å². The Balaban J connectivity index is 3.20. The van der Waals surface area contributed by atoms with Gasteiger partial charge in [0.25, 0.3) is 0 Å². The Morgan fingerprint density at radius 1 is 2.25 bits per heavy atom. The van der Waals surface area contributed by atoms with E-state index in [2.05, 4.69) is 6.58 Å². The summed E-state index contributed by atoms with van der Waals surface area (Å²) in [5.74, 6) is 0. The zero-order chi connectivity index (χ0) is 4.28. The van der Waals surface area contributed by atoms with Crippen molar-refractivity contribution in [1.82, 2.24) is 0 Å². The normalized spacial score (nSPS) is 8.50. The molecule has 0 spiro atoms. The van der Waals surface area contributed by atoms with Crippen LogP contribution in [0.4, 0.5) is 0 Å². The molecule has 0 aromatic carbocycles. The van der Waals surface area contributed by atoms with Crippen molar-refractivity contribution in [2.75, 3.05) is 0 Å². The molecule has 0 unspecified atom stereocenters. The summed E-state index contributed by atoms with van der Waals surface area (Å²) in [7, 11) is 0. The first-order chi connectivity index (χ1) is 2.27. The molecule has 0 atom stereocenters. The van der Waals surface area contributed by atoms with E-state index in [1.807, 2.05) is 0 Å². The summed E-state index contributed by atoms with van der Waals surface area (Å²) in [5.41, 5.74) is 0. The van der Waals surface area contributed by atoms with E-state index in [0.29, 0.717) is 0 Å². The molecule has 0 saturated carbocycles. The quantitative estimate of drug-likeness (QED) is 0.314. The minimum atomic E-state index is -0.731. The molecule has 4 heavy (non-hydrogen) atoms. The SMILES string of the molecule is [2H]C(=O)C=C. The van der Waals surface area contributed by atoms with Crippen LogP contribution in [0.15, 0.2) is 12.7 Å². The number of carbonyl (C=O) groups is 1. The molecule has 22 valence electrons. The predicted molar refractivity (Wildman–Crippen MR) is 16.3 cm³/mol. The Morgan fingerprint density at radius 3 is 2.50 bits per heavy atom. The van der Waals surface area contributed by atoms with Crippen molar-refractivity contribution >= 4 is 6.26 Å². The van der Waals surface area contributed by atoms with E-state index in [9.17, 15) is 4.79 Å². The van der Waals surface area contributed by atoms with Crippen LogP contribution in [-0.2, 0) is 4.79 Å². The van der Waals surface area contributed by atoms with Crippen LogP contribution >= 0.6 is 0 Å². The molecule has 0 fully saturated rings. The number of carbonyl (C=O) groups excluding carboxylic acids is 1. The largest absolute Gasteiger partial charge is 0.299 e. The van der Waals surface area contributed by atoms with Gasteiger partial charge in [-0.3, -0.25) is 4.79 Å². The Kier molecular flexibility index (Phi) is 1.03. The molecule has 0 aliphatic heterocycles. The van der Waals surface area contributed by atoms with Gasteiger partial charge < -0.3 is 0 Å². The molecule has 0 aromatic heterocycles. The Labute approximate surface area is 26.3 Å². The lowest BCUT2D eigenvalue weighted by atomic mass is 10.8.